The van der Waals surface area contributed by atoms with Crippen molar-refractivity contribution in [1.29, 1.82) is 0 Å². The van der Waals surface area contributed by atoms with Gasteiger partial charge in [0.05, 0.1) is 14.2 Å². The molecule has 0 bridgehead atoms. The third-order valence-electron chi connectivity index (χ3n) is 5.76. The molecule has 152 valence electrons. The lowest BCUT2D eigenvalue weighted by Gasteiger charge is -2.51. The van der Waals surface area contributed by atoms with Crippen molar-refractivity contribution < 1.29 is 29.0 Å². The molecule has 0 spiro atoms. The van der Waals surface area contributed by atoms with E-state index < -0.39 is 33.6 Å². The van der Waals surface area contributed by atoms with Crippen LogP contribution in [0.1, 0.15) is 27.7 Å². The molecule has 2 fully saturated rings. The Kier molecular flexibility index (Phi) is 4.77. The second kappa shape index (κ2) is 6.58. The van der Waals surface area contributed by atoms with E-state index in [2.05, 4.69) is 0 Å². The minimum Gasteiger partial charge on any atom is -0.494 e. The predicted octanol–water partition coefficient (Wildman–Crippen LogP) is 1.96. The molecular formula is C19H24N2O6S. The number of hydrogen-bond donors (Lipinski definition) is 1. The van der Waals surface area contributed by atoms with Gasteiger partial charge < -0.3 is 19.5 Å². The van der Waals surface area contributed by atoms with Gasteiger partial charge in [0.1, 0.15) is 28.6 Å². The fourth-order valence-electron chi connectivity index (χ4n) is 3.91. The normalized spacial score (nSPS) is 27.6. The van der Waals surface area contributed by atoms with E-state index >= 15 is 0 Å². The monoisotopic (exact) mass is 408 g/mol. The average molecular weight is 408 g/mol. The molecule has 2 aliphatic heterocycles. The van der Waals surface area contributed by atoms with Crippen LogP contribution in [0.4, 0.5) is 5.69 Å². The molecule has 2 aliphatic rings. The quantitative estimate of drug-likeness (QED) is 0.744. The number of anilines is 1. The molecule has 0 saturated carbocycles. The molecule has 0 aliphatic carbocycles. The molecule has 3 rings (SSSR count). The SMILES string of the molecule is COc1cccc(OC)c1N(C(C)=O)C1C(=O)N2[C@@H]1SC(C)(C)C2(C)C(=O)O. The highest BCUT2D eigenvalue weighted by molar-refractivity contribution is 8.01. The smallest absolute Gasteiger partial charge is 0.330 e. The number of para-hydroxylation sites is 1. The van der Waals surface area contributed by atoms with E-state index in [4.69, 9.17) is 9.47 Å². The van der Waals surface area contributed by atoms with Crippen molar-refractivity contribution in [1.82, 2.24) is 4.90 Å². The number of aliphatic carboxylic acids is 1. The fraction of sp³-hybridized carbons (Fsp3) is 0.526. The summed E-state index contributed by atoms with van der Waals surface area (Å²) in [5, 5.41) is 9.35. The van der Waals surface area contributed by atoms with Crippen molar-refractivity contribution in [2.75, 3.05) is 19.1 Å². The van der Waals surface area contributed by atoms with Crippen LogP contribution in [0.25, 0.3) is 0 Å². The topological polar surface area (TPSA) is 96.4 Å². The van der Waals surface area contributed by atoms with E-state index in [-0.39, 0.29) is 5.91 Å². The number of benzene rings is 1. The first-order valence-electron chi connectivity index (χ1n) is 8.78. The zero-order valence-corrected chi connectivity index (χ0v) is 17.5. The van der Waals surface area contributed by atoms with Crippen LogP contribution >= 0.6 is 11.8 Å². The maximum atomic E-state index is 13.1. The molecule has 0 aromatic heterocycles. The number of thioether (sulfide) groups is 1. The Labute approximate surface area is 167 Å². The van der Waals surface area contributed by atoms with Gasteiger partial charge in [-0.2, -0.15) is 0 Å². The Morgan fingerprint density at radius 2 is 1.71 bits per heavy atom. The van der Waals surface area contributed by atoms with E-state index in [9.17, 15) is 19.5 Å². The maximum Gasteiger partial charge on any atom is 0.330 e. The van der Waals surface area contributed by atoms with Gasteiger partial charge in [-0.15, -0.1) is 11.8 Å². The van der Waals surface area contributed by atoms with Crippen LogP contribution in [0, 0.1) is 0 Å². The third kappa shape index (κ3) is 2.48. The van der Waals surface area contributed by atoms with Gasteiger partial charge in [0.15, 0.2) is 5.54 Å². The Morgan fingerprint density at radius 1 is 1.18 bits per heavy atom. The molecule has 8 nitrogen and oxygen atoms in total. The molecule has 2 unspecified atom stereocenters. The van der Waals surface area contributed by atoms with Crippen molar-refractivity contribution in [3.8, 4) is 11.5 Å². The molecule has 1 aromatic carbocycles. The number of nitrogens with zero attached hydrogens (tertiary/aromatic N) is 2. The van der Waals surface area contributed by atoms with E-state index in [1.54, 1.807) is 39.0 Å². The number of carbonyl (C=O) groups is 3. The molecule has 0 radical (unpaired) electrons. The Morgan fingerprint density at radius 3 is 2.14 bits per heavy atom. The maximum absolute atomic E-state index is 13.1. The number of carboxylic acids is 1. The van der Waals surface area contributed by atoms with Crippen molar-refractivity contribution in [3.05, 3.63) is 18.2 Å². The third-order valence-corrected chi connectivity index (χ3v) is 7.46. The van der Waals surface area contributed by atoms with Gasteiger partial charge in [-0.3, -0.25) is 14.5 Å². The van der Waals surface area contributed by atoms with Crippen molar-refractivity contribution in [2.24, 2.45) is 0 Å². The van der Waals surface area contributed by atoms with Crippen molar-refractivity contribution in [2.45, 2.75) is 49.4 Å². The van der Waals surface area contributed by atoms with Gasteiger partial charge in [-0.25, -0.2) is 4.79 Å². The first kappa shape index (κ1) is 20.3. The van der Waals surface area contributed by atoms with Gasteiger partial charge in [0.25, 0.3) is 5.91 Å². The Balaban J connectivity index is 2.10. The zero-order valence-electron chi connectivity index (χ0n) is 16.7. The number of β-lactam (4-membered cyclic amide) rings is 1. The molecule has 1 N–H and O–H groups in total. The summed E-state index contributed by atoms with van der Waals surface area (Å²) in [6, 6.07) is 4.25. The van der Waals surface area contributed by atoms with Crippen molar-refractivity contribution in [3.63, 3.8) is 0 Å². The van der Waals surface area contributed by atoms with Crippen LogP contribution in [0.15, 0.2) is 18.2 Å². The highest BCUT2D eigenvalue weighted by atomic mass is 32.2. The van der Waals surface area contributed by atoms with Crippen LogP contribution in [0.2, 0.25) is 0 Å². The van der Waals surface area contributed by atoms with Gasteiger partial charge >= 0.3 is 5.97 Å². The Hall–Kier alpha value is -2.42. The number of rotatable bonds is 5. The highest BCUT2D eigenvalue weighted by Crippen LogP contribution is 2.58. The van der Waals surface area contributed by atoms with Crippen LogP contribution in [0.3, 0.4) is 0 Å². The lowest BCUT2D eigenvalue weighted by Crippen LogP contribution is -2.75. The van der Waals surface area contributed by atoms with Crippen LogP contribution in [-0.4, -0.2) is 63.7 Å². The molecule has 1 aromatic rings. The number of ether oxygens (including phenoxy) is 2. The van der Waals surface area contributed by atoms with E-state index in [1.165, 1.54) is 42.7 Å². The van der Waals surface area contributed by atoms with E-state index in [0.29, 0.717) is 17.2 Å². The number of methoxy groups -OCH3 is 2. The molecule has 28 heavy (non-hydrogen) atoms. The summed E-state index contributed by atoms with van der Waals surface area (Å²) in [5.74, 6) is -1.05. The fourth-order valence-corrected chi connectivity index (χ4v) is 5.71. The lowest BCUT2D eigenvalue weighted by atomic mass is 9.82. The number of amides is 2. The van der Waals surface area contributed by atoms with E-state index in [1.807, 2.05) is 0 Å². The summed E-state index contributed by atoms with van der Waals surface area (Å²) < 4.78 is 10.1. The summed E-state index contributed by atoms with van der Waals surface area (Å²) in [5.41, 5.74) is -1.01. The van der Waals surface area contributed by atoms with Gasteiger partial charge in [-0.05, 0) is 32.9 Å². The second-order valence-electron chi connectivity index (χ2n) is 7.45. The number of carboxylic acid groups (broad SMARTS) is 1. The zero-order chi connectivity index (χ0) is 21.0. The highest BCUT2D eigenvalue weighted by Gasteiger charge is 2.72. The standard InChI is InChI=1S/C19H24N2O6S/c1-10(22)20(13-11(26-5)8-7-9-12(13)27-6)14-15(23)21-16(14)28-18(2,3)19(21,4)17(24)25/h7-9,14,16H,1-6H3,(H,24,25)/t14?,16-,19?/m1/s1. The lowest BCUT2D eigenvalue weighted by molar-refractivity contribution is -0.168. The number of hydrogen-bond acceptors (Lipinski definition) is 6. The summed E-state index contributed by atoms with van der Waals surface area (Å²) in [6.07, 6.45) is 0. The molecule has 2 heterocycles. The first-order chi connectivity index (χ1) is 13.0. The van der Waals surface area contributed by atoms with E-state index in [0.717, 1.165) is 0 Å². The van der Waals surface area contributed by atoms with Gasteiger partial charge in [0.2, 0.25) is 5.91 Å². The number of carbonyl (C=O) groups excluding carboxylic acids is 2. The summed E-state index contributed by atoms with van der Waals surface area (Å²) in [6.45, 7) is 6.52. The summed E-state index contributed by atoms with van der Waals surface area (Å²) in [7, 11) is 2.95. The minimum atomic E-state index is -1.37. The van der Waals surface area contributed by atoms with Gasteiger partial charge in [-0.1, -0.05) is 6.07 Å². The molecular weight excluding hydrogens is 384 g/mol. The molecule has 9 heteroatoms. The minimum absolute atomic E-state index is 0.358. The largest absolute Gasteiger partial charge is 0.494 e. The molecule has 3 atom stereocenters. The first-order valence-corrected chi connectivity index (χ1v) is 9.66. The van der Waals surface area contributed by atoms with Gasteiger partial charge in [0, 0.05) is 11.7 Å². The summed E-state index contributed by atoms with van der Waals surface area (Å²) >= 11 is 1.38. The number of fused-ring (bicyclic) bond motifs is 1. The van der Waals surface area contributed by atoms with Crippen LogP contribution < -0.4 is 14.4 Å². The van der Waals surface area contributed by atoms with Crippen LogP contribution in [0.5, 0.6) is 11.5 Å². The summed E-state index contributed by atoms with van der Waals surface area (Å²) in [4.78, 5) is 40.5. The Bertz CT molecular complexity index is 835. The molecule has 2 saturated heterocycles. The van der Waals surface area contributed by atoms with Crippen molar-refractivity contribution >= 4 is 35.2 Å². The predicted molar refractivity (Wildman–Crippen MR) is 105 cm³/mol. The second-order valence-corrected chi connectivity index (χ2v) is 9.19. The molecule has 2 amide bonds. The van der Waals surface area contributed by atoms with Crippen LogP contribution in [-0.2, 0) is 14.4 Å². The average Bonchev–Trinajstić information content (AvgIpc) is 2.82.